The summed E-state index contributed by atoms with van der Waals surface area (Å²) in [6.07, 6.45) is -5.20. The number of benzene rings is 1. The maximum atomic E-state index is 13.8. The highest BCUT2D eigenvalue weighted by molar-refractivity contribution is 6.01. The zero-order valence-corrected chi connectivity index (χ0v) is 21.1. The van der Waals surface area contributed by atoms with Gasteiger partial charge in [0.05, 0.1) is 18.2 Å². The summed E-state index contributed by atoms with van der Waals surface area (Å²) >= 11 is 0. The first-order valence-electron chi connectivity index (χ1n) is 11.9. The van der Waals surface area contributed by atoms with Crippen LogP contribution in [0.15, 0.2) is 18.2 Å². The number of piperidine rings is 1. The molecule has 2 atom stereocenters. The molecule has 2 aliphatic rings. The number of anilines is 2. The highest BCUT2D eigenvalue weighted by atomic mass is 19.4. The molecule has 38 heavy (non-hydrogen) atoms. The van der Waals surface area contributed by atoms with Crippen LogP contribution in [-0.4, -0.2) is 83.7 Å². The average Bonchev–Trinajstić information content (AvgIpc) is 2.79. The minimum atomic E-state index is -4.71. The molecule has 206 valence electrons. The van der Waals surface area contributed by atoms with E-state index in [2.05, 4.69) is 16.0 Å². The van der Waals surface area contributed by atoms with Gasteiger partial charge in [0.15, 0.2) is 0 Å². The molecule has 11 nitrogen and oxygen atoms in total. The van der Waals surface area contributed by atoms with Gasteiger partial charge in [-0.15, -0.1) is 0 Å². The van der Waals surface area contributed by atoms with E-state index >= 15 is 0 Å². The number of carbonyl (C=O) groups excluding carboxylic acids is 4. The van der Waals surface area contributed by atoms with Crippen LogP contribution in [0.3, 0.4) is 0 Å². The molecule has 0 spiro atoms. The summed E-state index contributed by atoms with van der Waals surface area (Å²) in [6, 6.07) is 3.32. The molecule has 0 aliphatic carbocycles. The molecular formula is C24H29F3N6O5. The quantitative estimate of drug-likeness (QED) is 0.484. The second-order valence-corrected chi connectivity index (χ2v) is 10.1. The van der Waals surface area contributed by atoms with Gasteiger partial charge in [-0.2, -0.15) is 18.4 Å². The number of rotatable bonds is 5. The molecular weight excluding hydrogens is 509 g/mol. The molecule has 3 N–H and O–H groups in total. The summed E-state index contributed by atoms with van der Waals surface area (Å²) in [4.78, 5) is 50.3. The third-order valence-corrected chi connectivity index (χ3v) is 5.79. The van der Waals surface area contributed by atoms with Crippen molar-refractivity contribution in [1.82, 2.24) is 15.1 Å². The molecule has 3 rings (SSSR count). The number of alkyl halides is 3. The van der Waals surface area contributed by atoms with E-state index in [4.69, 9.17) is 4.74 Å². The zero-order chi connectivity index (χ0) is 28.3. The minimum absolute atomic E-state index is 0.0568. The predicted molar refractivity (Wildman–Crippen MR) is 129 cm³/mol. The maximum absolute atomic E-state index is 13.8. The Hall–Kier alpha value is -3.86. The van der Waals surface area contributed by atoms with Crippen LogP contribution in [0, 0.1) is 11.3 Å². The largest absolute Gasteiger partial charge is 0.444 e. The Kier molecular flexibility index (Phi) is 8.51. The van der Waals surface area contributed by atoms with Crippen LogP contribution in [0.2, 0.25) is 0 Å². The maximum Gasteiger partial charge on any atom is 0.410 e. The average molecular weight is 539 g/mol. The van der Waals surface area contributed by atoms with Crippen molar-refractivity contribution in [2.75, 3.05) is 36.8 Å². The van der Waals surface area contributed by atoms with Crippen LogP contribution in [-0.2, 0) is 19.1 Å². The van der Waals surface area contributed by atoms with Crippen molar-refractivity contribution in [1.29, 1.82) is 5.26 Å². The first kappa shape index (κ1) is 28.7. The number of nitrogens with zero attached hydrogens (tertiary/aromatic N) is 3. The van der Waals surface area contributed by atoms with Crippen molar-refractivity contribution < 1.29 is 37.1 Å². The third-order valence-electron chi connectivity index (χ3n) is 5.79. The Morgan fingerprint density at radius 3 is 2.45 bits per heavy atom. The summed E-state index contributed by atoms with van der Waals surface area (Å²) in [5.74, 6) is -1.68. The number of hydrogen-bond donors (Lipinski definition) is 3. The summed E-state index contributed by atoms with van der Waals surface area (Å²) in [7, 11) is 0. The summed E-state index contributed by atoms with van der Waals surface area (Å²) in [5, 5.41) is 17.0. The molecule has 0 saturated carbocycles. The van der Waals surface area contributed by atoms with Gasteiger partial charge in [-0.1, -0.05) is 0 Å². The van der Waals surface area contributed by atoms with Crippen LogP contribution < -0.4 is 16.0 Å². The number of halogens is 3. The second-order valence-electron chi connectivity index (χ2n) is 10.1. The van der Waals surface area contributed by atoms with E-state index in [0.717, 1.165) is 9.80 Å². The zero-order valence-electron chi connectivity index (χ0n) is 21.1. The van der Waals surface area contributed by atoms with Gasteiger partial charge in [0.1, 0.15) is 17.7 Å². The van der Waals surface area contributed by atoms with Gasteiger partial charge in [0.25, 0.3) is 0 Å². The standard InChI is InChI=1S/C24H29F3N6O5/c1-23(2,3)38-22(37)33-7-6-32(18(12-33)24(25,26)27)13-20(35)30-16-9-14(11-28)8-15(10-16)29-17-4-5-19(34)31-21(17)36/h8-10,17-18,29H,4-7,12-13H2,1-3H3,(H,30,35)(H,31,34,36)/t17-,18-/m1/s1. The van der Waals surface area contributed by atoms with Crippen LogP contribution in [0.5, 0.6) is 0 Å². The number of ether oxygens (including phenoxy) is 1. The van der Waals surface area contributed by atoms with E-state index in [1.807, 2.05) is 6.07 Å². The SMILES string of the molecule is CC(C)(C)OC(=O)N1CCN(CC(=O)Nc2cc(C#N)cc(N[C@@H]3CCC(=O)NC3=O)c2)[C@@H](C(F)(F)F)C1. The molecule has 1 aromatic carbocycles. The molecule has 0 radical (unpaired) electrons. The molecule has 0 unspecified atom stereocenters. The molecule has 1 aromatic rings. The van der Waals surface area contributed by atoms with Gasteiger partial charge < -0.3 is 20.3 Å². The number of carbonyl (C=O) groups is 4. The normalized spacial score (nSPS) is 20.8. The van der Waals surface area contributed by atoms with Crippen molar-refractivity contribution in [3.05, 3.63) is 23.8 Å². The van der Waals surface area contributed by atoms with Crippen LogP contribution >= 0.6 is 0 Å². The summed E-state index contributed by atoms with van der Waals surface area (Å²) in [6.45, 7) is 3.27. The van der Waals surface area contributed by atoms with Gasteiger partial charge in [0, 0.05) is 37.4 Å². The Balaban J connectivity index is 1.68. The van der Waals surface area contributed by atoms with Crippen molar-refractivity contribution in [2.24, 2.45) is 0 Å². The fourth-order valence-corrected chi connectivity index (χ4v) is 4.08. The molecule has 2 heterocycles. The first-order valence-corrected chi connectivity index (χ1v) is 11.9. The molecule has 2 fully saturated rings. The lowest BCUT2D eigenvalue weighted by Gasteiger charge is -2.41. The Morgan fingerprint density at radius 2 is 1.84 bits per heavy atom. The number of nitrogens with one attached hydrogen (secondary N) is 3. The highest BCUT2D eigenvalue weighted by Gasteiger charge is 2.48. The van der Waals surface area contributed by atoms with E-state index in [9.17, 15) is 37.6 Å². The molecule has 0 bridgehead atoms. The molecule has 2 saturated heterocycles. The van der Waals surface area contributed by atoms with Crippen molar-refractivity contribution in [3.63, 3.8) is 0 Å². The number of hydrogen-bond acceptors (Lipinski definition) is 8. The van der Waals surface area contributed by atoms with Gasteiger partial charge in [-0.25, -0.2) is 4.79 Å². The molecule has 0 aromatic heterocycles. The molecule has 14 heteroatoms. The van der Waals surface area contributed by atoms with Crippen LogP contribution in [0.1, 0.15) is 39.2 Å². The van der Waals surface area contributed by atoms with Crippen molar-refractivity contribution >= 4 is 35.2 Å². The lowest BCUT2D eigenvalue weighted by molar-refractivity contribution is -0.195. The Bertz CT molecular complexity index is 1140. The molecule has 4 amide bonds. The van der Waals surface area contributed by atoms with Crippen molar-refractivity contribution in [3.8, 4) is 6.07 Å². The third kappa shape index (κ3) is 7.82. The first-order chi connectivity index (χ1) is 17.6. The monoisotopic (exact) mass is 538 g/mol. The number of amides is 4. The van der Waals surface area contributed by atoms with E-state index < -0.39 is 60.8 Å². The second kappa shape index (κ2) is 11.3. The smallest absolute Gasteiger partial charge is 0.410 e. The molecule has 2 aliphatic heterocycles. The lowest BCUT2D eigenvalue weighted by Crippen LogP contribution is -2.61. The Morgan fingerprint density at radius 1 is 1.16 bits per heavy atom. The summed E-state index contributed by atoms with van der Waals surface area (Å²) < 4.78 is 46.7. The van der Waals surface area contributed by atoms with Gasteiger partial charge in [-0.3, -0.25) is 24.6 Å². The Labute approximate surface area is 217 Å². The fourth-order valence-electron chi connectivity index (χ4n) is 4.08. The number of piperazine rings is 1. The van der Waals surface area contributed by atoms with Crippen molar-refractivity contribution in [2.45, 2.75) is 57.5 Å². The van der Waals surface area contributed by atoms with Gasteiger partial charge >= 0.3 is 12.3 Å². The van der Waals surface area contributed by atoms with Gasteiger partial charge in [0.2, 0.25) is 17.7 Å². The lowest BCUT2D eigenvalue weighted by atomic mass is 10.1. The predicted octanol–water partition coefficient (Wildman–Crippen LogP) is 2.20. The summed E-state index contributed by atoms with van der Waals surface area (Å²) in [5.41, 5.74) is -0.282. The van der Waals surface area contributed by atoms with Gasteiger partial charge in [-0.05, 0) is 45.4 Å². The highest BCUT2D eigenvalue weighted by Crippen LogP contribution is 2.29. The fraction of sp³-hybridized carbons (Fsp3) is 0.542. The minimum Gasteiger partial charge on any atom is -0.444 e. The number of nitriles is 1. The van der Waals surface area contributed by atoms with E-state index in [-0.39, 0.29) is 37.2 Å². The van der Waals surface area contributed by atoms with E-state index in [1.165, 1.54) is 18.2 Å². The van der Waals surface area contributed by atoms with Crippen LogP contribution in [0.25, 0.3) is 0 Å². The van der Waals surface area contributed by atoms with E-state index in [0.29, 0.717) is 5.69 Å². The van der Waals surface area contributed by atoms with Crippen LogP contribution in [0.4, 0.5) is 29.3 Å². The number of imide groups is 1. The topological polar surface area (TPSA) is 144 Å². The van der Waals surface area contributed by atoms with E-state index in [1.54, 1.807) is 20.8 Å².